The van der Waals surface area contributed by atoms with Crippen LogP contribution in [0.15, 0.2) is 23.1 Å². The third kappa shape index (κ3) is 4.26. The zero-order chi connectivity index (χ0) is 13.6. The molecule has 0 heterocycles. The van der Waals surface area contributed by atoms with Gasteiger partial charge in [-0.25, -0.2) is 0 Å². The Labute approximate surface area is 109 Å². The van der Waals surface area contributed by atoms with Gasteiger partial charge in [0.2, 0.25) is 0 Å². The highest BCUT2D eigenvalue weighted by atomic mass is 32.2. The minimum atomic E-state index is -4.46. The Kier molecular flexibility index (Phi) is 5.54. The van der Waals surface area contributed by atoms with Crippen molar-refractivity contribution in [2.45, 2.75) is 37.3 Å². The maximum atomic E-state index is 12.6. The Morgan fingerprint density at radius 2 is 2.00 bits per heavy atom. The number of benzene rings is 1. The molecule has 0 radical (unpaired) electrons. The van der Waals surface area contributed by atoms with Gasteiger partial charge >= 0.3 is 6.18 Å². The lowest BCUT2D eigenvalue weighted by molar-refractivity contribution is -0.137. The molecule has 0 amide bonds. The molecule has 0 aliphatic carbocycles. The first-order chi connectivity index (χ1) is 8.49. The molecule has 0 unspecified atom stereocenters. The number of nitriles is 1. The first-order valence-electron chi connectivity index (χ1n) is 5.73. The maximum absolute atomic E-state index is 12.6. The zero-order valence-corrected chi connectivity index (χ0v) is 10.9. The molecule has 1 aromatic rings. The molecule has 0 fully saturated rings. The summed E-state index contributed by atoms with van der Waals surface area (Å²) in [6.45, 7) is 2.09. The molecule has 0 saturated carbocycles. The lowest BCUT2D eigenvalue weighted by atomic mass is 10.1. The van der Waals surface area contributed by atoms with E-state index in [-0.39, 0.29) is 5.56 Å². The van der Waals surface area contributed by atoms with Gasteiger partial charge in [-0.15, -0.1) is 11.8 Å². The van der Waals surface area contributed by atoms with Crippen molar-refractivity contribution in [3.8, 4) is 6.07 Å². The van der Waals surface area contributed by atoms with E-state index < -0.39 is 11.7 Å². The summed E-state index contributed by atoms with van der Waals surface area (Å²) in [5.41, 5.74) is -1.16. The summed E-state index contributed by atoms with van der Waals surface area (Å²) >= 11 is 1.49. The van der Waals surface area contributed by atoms with E-state index in [1.807, 2.05) is 0 Å². The average Bonchev–Trinajstić information content (AvgIpc) is 2.33. The molecule has 1 nitrogen and oxygen atoms in total. The predicted octanol–water partition coefficient (Wildman–Crippen LogP) is 4.86. The van der Waals surface area contributed by atoms with Crippen LogP contribution in [0.3, 0.4) is 0 Å². The number of hydrogen-bond acceptors (Lipinski definition) is 2. The number of thioether (sulfide) groups is 1. The van der Waals surface area contributed by atoms with Gasteiger partial charge in [0.05, 0.1) is 17.2 Å². The molecule has 0 atom stereocenters. The van der Waals surface area contributed by atoms with Crippen molar-refractivity contribution in [3.63, 3.8) is 0 Å². The van der Waals surface area contributed by atoms with Crippen LogP contribution in [0.1, 0.15) is 37.3 Å². The van der Waals surface area contributed by atoms with Gasteiger partial charge in [-0.2, -0.15) is 18.4 Å². The minimum Gasteiger partial charge on any atom is -0.192 e. The summed E-state index contributed by atoms with van der Waals surface area (Å²) in [5, 5.41) is 8.76. The lowest BCUT2D eigenvalue weighted by Crippen LogP contribution is -2.07. The van der Waals surface area contributed by atoms with Crippen molar-refractivity contribution in [1.82, 2.24) is 0 Å². The average molecular weight is 273 g/mol. The summed E-state index contributed by atoms with van der Waals surface area (Å²) in [7, 11) is 0. The largest absolute Gasteiger partial charge is 0.417 e. The summed E-state index contributed by atoms with van der Waals surface area (Å²) in [5.74, 6) is 0.865. The normalized spacial score (nSPS) is 11.3. The quantitative estimate of drug-likeness (QED) is 0.565. The van der Waals surface area contributed by atoms with E-state index in [0.29, 0.717) is 0 Å². The van der Waals surface area contributed by atoms with Crippen LogP contribution in [0.2, 0.25) is 0 Å². The van der Waals surface area contributed by atoms with Crippen LogP contribution in [0, 0.1) is 11.3 Å². The Morgan fingerprint density at radius 3 is 2.56 bits per heavy atom. The van der Waals surface area contributed by atoms with Crippen molar-refractivity contribution in [2.75, 3.05) is 5.75 Å². The number of nitrogens with zero attached hydrogens (tertiary/aromatic N) is 1. The fraction of sp³-hybridized carbons (Fsp3) is 0.462. The molecule has 0 aliphatic heterocycles. The number of hydrogen-bond donors (Lipinski definition) is 0. The third-order valence-electron chi connectivity index (χ3n) is 2.43. The second-order valence-electron chi connectivity index (χ2n) is 3.87. The highest BCUT2D eigenvalue weighted by Crippen LogP contribution is 2.33. The standard InChI is InChI=1S/C13H14F3NS/c1-2-3-4-7-18-11-5-6-12(13(14,15)16)10(8-11)9-17/h5-6,8H,2-4,7H2,1H3. The lowest BCUT2D eigenvalue weighted by Gasteiger charge is -2.09. The molecule has 0 spiro atoms. The van der Waals surface area contributed by atoms with Crippen LogP contribution in [0.5, 0.6) is 0 Å². The molecular formula is C13H14F3NS. The molecular weight excluding hydrogens is 259 g/mol. The van der Waals surface area contributed by atoms with Gasteiger partial charge in [0.1, 0.15) is 0 Å². The van der Waals surface area contributed by atoms with Gasteiger partial charge in [0.25, 0.3) is 0 Å². The number of rotatable bonds is 5. The summed E-state index contributed by atoms with van der Waals surface area (Å²) < 4.78 is 37.7. The van der Waals surface area contributed by atoms with E-state index in [9.17, 15) is 13.2 Å². The van der Waals surface area contributed by atoms with Crippen molar-refractivity contribution in [1.29, 1.82) is 5.26 Å². The van der Waals surface area contributed by atoms with Crippen LogP contribution in [-0.2, 0) is 6.18 Å². The summed E-state index contributed by atoms with van der Waals surface area (Å²) in [6.07, 6.45) is -1.21. The fourth-order valence-corrected chi connectivity index (χ4v) is 2.44. The molecule has 0 aliphatic rings. The molecule has 0 saturated heterocycles. The highest BCUT2D eigenvalue weighted by molar-refractivity contribution is 7.99. The molecule has 5 heteroatoms. The number of alkyl halides is 3. The van der Waals surface area contributed by atoms with Crippen molar-refractivity contribution < 1.29 is 13.2 Å². The second-order valence-corrected chi connectivity index (χ2v) is 5.04. The van der Waals surface area contributed by atoms with Crippen LogP contribution in [0.4, 0.5) is 13.2 Å². The maximum Gasteiger partial charge on any atom is 0.417 e. The first-order valence-corrected chi connectivity index (χ1v) is 6.71. The Bertz CT molecular complexity index is 435. The zero-order valence-electron chi connectivity index (χ0n) is 10.0. The van der Waals surface area contributed by atoms with E-state index in [1.54, 1.807) is 6.07 Å². The van der Waals surface area contributed by atoms with Crippen LogP contribution >= 0.6 is 11.8 Å². The van der Waals surface area contributed by atoms with Gasteiger partial charge in [-0.05, 0) is 30.4 Å². The predicted molar refractivity (Wildman–Crippen MR) is 66.4 cm³/mol. The van der Waals surface area contributed by atoms with Gasteiger partial charge in [0.15, 0.2) is 0 Å². The molecule has 0 N–H and O–H groups in total. The van der Waals surface area contributed by atoms with Gasteiger partial charge < -0.3 is 0 Å². The Morgan fingerprint density at radius 1 is 1.28 bits per heavy atom. The van der Waals surface area contributed by atoms with Crippen molar-refractivity contribution in [2.24, 2.45) is 0 Å². The Hall–Kier alpha value is -1.15. The van der Waals surface area contributed by atoms with Gasteiger partial charge in [-0.1, -0.05) is 19.8 Å². The molecule has 0 bridgehead atoms. The van der Waals surface area contributed by atoms with Crippen molar-refractivity contribution in [3.05, 3.63) is 29.3 Å². The van der Waals surface area contributed by atoms with Crippen molar-refractivity contribution >= 4 is 11.8 Å². The van der Waals surface area contributed by atoms with E-state index in [4.69, 9.17) is 5.26 Å². The number of halogens is 3. The topological polar surface area (TPSA) is 23.8 Å². The summed E-state index contributed by atoms with van der Waals surface area (Å²) in [6, 6.07) is 5.35. The third-order valence-corrected chi connectivity index (χ3v) is 3.51. The first kappa shape index (κ1) is 14.9. The van der Waals surface area contributed by atoms with Gasteiger partial charge in [-0.3, -0.25) is 0 Å². The van der Waals surface area contributed by atoms with Crippen LogP contribution in [-0.4, -0.2) is 5.75 Å². The molecule has 0 aromatic heterocycles. The van der Waals surface area contributed by atoms with Crippen LogP contribution in [0.25, 0.3) is 0 Å². The molecule has 1 rings (SSSR count). The van der Waals surface area contributed by atoms with E-state index >= 15 is 0 Å². The SMILES string of the molecule is CCCCCSc1ccc(C(F)(F)F)c(C#N)c1. The fourth-order valence-electron chi connectivity index (χ4n) is 1.49. The smallest absolute Gasteiger partial charge is 0.192 e. The molecule has 18 heavy (non-hydrogen) atoms. The van der Waals surface area contributed by atoms with Crippen LogP contribution < -0.4 is 0 Å². The second kappa shape index (κ2) is 6.69. The van der Waals surface area contributed by atoms with E-state index in [1.165, 1.54) is 23.9 Å². The summed E-state index contributed by atoms with van der Waals surface area (Å²) in [4.78, 5) is 0.718. The molecule has 98 valence electrons. The highest BCUT2D eigenvalue weighted by Gasteiger charge is 2.33. The van der Waals surface area contributed by atoms with E-state index in [0.717, 1.165) is 36.0 Å². The van der Waals surface area contributed by atoms with E-state index in [2.05, 4.69) is 6.92 Å². The molecule has 1 aromatic carbocycles. The monoisotopic (exact) mass is 273 g/mol. The Balaban J connectivity index is 2.77. The minimum absolute atomic E-state index is 0.303. The number of unbranched alkanes of at least 4 members (excludes halogenated alkanes) is 2. The van der Waals surface area contributed by atoms with Gasteiger partial charge in [0, 0.05) is 4.90 Å².